The molecule has 3 nitrogen and oxygen atoms in total. The lowest BCUT2D eigenvalue weighted by atomic mass is 10.1. The lowest BCUT2D eigenvalue weighted by molar-refractivity contribution is 0.686. The first kappa shape index (κ1) is 13.6. The van der Waals surface area contributed by atoms with E-state index < -0.39 is 0 Å². The van der Waals surface area contributed by atoms with Crippen LogP contribution in [0.4, 0.5) is 0 Å². The molecule has 1 saturated heterocycles. The number of thioether (sulfide) groups is 1. The van der Waals surface area contributed by atoms with Crippen molar-refractivity contribution < 1.29 is 0 Å². The molecule has 1 aromatic carbocycles. The van der Waals surface area contributed by atoms with Crippen LogP contribution >= 0.6 is 23.1 Å². The Morgan fingerprint density at radius 2 is 2.20 bits per heavy atom. The summed E-state index contributed by atoms with van der Waals surface area (Å²) in [6.07, 6.45) is 2.00. The fourth-order valence-corrected chi connectivity index (χ4v) is 3.76. The second-order valence-electron chi connectivity index (χ2n) is 4.76. The largest absolute Gasteiger partial charge is 0.361 e. The minimum Gasteiger partial charge on any atom is -0.361 e. The predicted molar refractivity (Wildman–Crippen MR) is 87.6 cm³/mol. The van der Waals surface area contributed by atoms with Gasteiger partial charge in [0.1, 0.15) is 0 Å². The minimum atomic E-state index is 0.500. The smallest absolute Gasteiger partial charge is 0.156 e. The van der Waals surface area contributed by atoms with Gasteiger partial charge < -0.3 is 5.32 Å². The zero-order chi connectivity index (χ0) is 13.6. The molecule has 1 fully saturated rings. The van der Waals surface area contributed by atoms with E-state index in [-0.39, 0.29) is 0 Å². The van der Waals surface area contributed by atoms with Gasteiger partial charge >= 0.3 is 0 Å². The van der Waals surface area contributed by atoms with E-state index in [4.69, 9.17) is 0 Å². The number of hydrogen-bond donors (Lipinski definition) is 1. The standard InChI is InChI=1S/C15H17N3S2/c1-2-4-12(5-3-1)8-14-10-20-15(18-14)16-7-6-13-9-19-11-17-13/h1-5,9,11,14H,6-8,10H2,(H,16,18). The summed E-state index contributed by atoms with van der Waals surface area (Å²) in [5, 5.41) is 6.69. The molecule has 0 saturated carbocycles. The second-order valence-corrected chi connectivity index (χ2v) is 6.49. The number of benzene rings is 1. The summed E-state index contributed by atoms with van der Waals surface area (Å²) >= 11 is 3.47. The lowest BCUT2D eigenvalue weighted by Gasteiger charge is -2.09. The second kappa shape index (κ2) is 6.90. The summed E-state index contributed by atoms with van der Waals surface area (Å²) in [5.74, 6) is 1.10. The number of nitrogens with zero attached hydrogens (tertiary/aromatic N) is 2. The number of amidine groups is 1. The lowest BCUT2D eigenvalue weighted by Crippen LogP contribution is -2.29. The van der Waals surface area contributed by atoms with Crippen molar-refractivity contribution in [2.75, 3.05) is 12.3 Å². The quantitative estimate of drug-likeness (QED) is 0.922. The Kier molecular flexibility index (Phi) is 4.71. The SMILES string of the molecule is c1ccc(CC2CSC(=NCCc3cscn3)N2)cc1. The number of thiazole rings is 1. The number of nitrogens with one attached hydrogen (secondary N) is 1. The summed E-state index contributed by atoms with van der Waals surface area (Å²) in [6, 6.07) is 11.1. The van der Waals surface area contributed by atoms with E-state index in [0.717, 1.165) is 36.0 Å². The maximum absolute atomic E-state index is 4.62. The average molecular weight is 303 g/mol. The summed E-state index contributed by atoms with van der Waals surface area (Å²) in [5.41, 5.74) is 4.40. The molecule has 2 aromatic rings. The monoisotopic (exact) mass is 303 g/mol. The summed E-state index contributed by atoms with van der Waals surface area (Å²) in [6.45, 7) is 0.817. The summed E-state index contributed by atoms with van der Waals surface area (Å²) in [7, 11) is 0. The van der Waals surface area contributed by atoms with E-state index in [1.807, 2.05) is 17.3 Å². The molecule has 2 heterocycles. The molecule has 0 radical (unpaired) electrons. The zero-order valence-corrected chi connectivity index (χ0v) is 12.8. The van der Waals surface area contributed by atoms with Crippen LogP contribution in [0.5, 0.6) is 0 Å². The van der Waals surface area contributed by atoms with Crippen LogP contribution in [0.15, 0.2) is 46.2 Å². The average Bonchev–Trinajstić information content (AvgIpc) is 3.12. The fourth-order valence-electron chi connectivity index (χ4n) is 2.17. The number of aromatic nitrogens is 1. The van der Waals surface area contributed by atoms with Crippen LogP contribution in [-0.2, 0) is 12.8 Å². The minimum absolute atomic E-state index is 0.500. The van der Waals surface area contributed by atoms with Gasteiger partial charge in [0.05, 0.1) is 11.2 Å². The third-order valence-corrected chi connectivity index (χ3v) is 4.91. The first-order valence-corrected chi connectivity index (χ1v) is 8.68. The van der Waals surface area contributed by atoms with Crippen molar-refractivity contribution in [3.8, 4) is 0 Å². The predicted octanol–water partition coefficient (Wildman–Crippen LogP) is 2.99. The van der Waals surface area contributed by atoms with Crippen molar-refractivity contribution in [1.29, 1.82) is 0 Å². The first-order chi connectivity index (χ1) is 9.90. The van der Waals surface area contributed by atoms with E-state index in [9.17, 15) is 0 Å². The zero-order valence-electron chi connectivity index (χ0n) is 11.2. The van der Waals surface area contributed by atoms with Gasteiger partial charge in [0, 0.05) is 30.1 Å². The summed E-state index contributed by atoms with van der Waals surface area (Å²) in [4.78, 5) is 8.90. The van der Waals surface area contributed by atoms with Crippen LogP contribution in [0.3, 0.4) is 0 Å². The molecular formula is C15H17N3S2. The van der Waals surface area contributed by atoms with E-state index in [1.54, 1.807) is 11.3 Å². The van der Waals surface area contributed by atoms with Gasteiger partial charge in [0.15, 0.2) is 5.17 Å². The van der Waals surface area contributed by atoms with Crippen molar-refractivity contribution in [3.05, 3.63) is 52.5 Å². The third-order valence-electron chi connectivity index (χ3n) is 3.18. The van der Waals surface area contributed by atoms with Crippen molar-refractivity contribution in [2.24, 2.45) is 4.99 Å². The van der Waals surface area contributed by atoms with Gasteiger partial charge in [0.2, 0.25) is 0 Å². The highest BCUT2D eigenvalue weighted by Crippen LogP contribution is 2.17. The van der Waals surface area contributed by atoms with E-state index >= 15 is 0 Å². The molecule has 1 atom stereocenters. The van der Waals surface area contributed by atoms with Gasteiger partial charge in [-0.15, -0.1) is 11.3 Å². The third kappa shape index (κ3) is 3.84. The molecule has 0 aliphatic carbocycles. The van der Waals surface area contributed by atoms with Gasteiger partial charge in [-0.3, -0.25) is 4.99 Å². The molecular weight excluding hydrogens is 286 g/mol. The van der Waals surface area contributed by atoms with Crippen LogP contribution in [0.25, 0.3) is 0 Å². The van der Waals surface area contributed by atoms with Crippen LogP contribution in [0.1, 0.15) is 11.3 Å². The Hall–Kier alpha value is -1.33. The molecule has 3 rings (SSSR count). The van der Waals surface area contributed by atoms with Gasteiger partial charge in [-0.2, -0.15) is 0 Å². The first-order valence-electron chi connectivity index (χ1n) is 6.75. The van der Waals surface area contributed by atoms with Gasteiger partial charge in [-0.25, -0.2) is 4.98 Å². The van der Waals surface area contributed by atoms with Crippen LogP contribution in [0.2, 0.25) is 0 Å². The fraction of sp³-hybridized carbons (Fsp3) is 0.333. The highest BCUT2D eigenvalue weighted by atomic mass is 32.2. The Labute approximate surface area is 127 Å². The number of hydrogen-bond acceptors (Lipinski definition) is 4. The maximum atomic E-state index is 4.62. The molecule has 1 unspecified atom stereocenters. The van der Waals surface area contributed by atoms with E-state index in [2.05, 4.69) is 51.0 Å². The highest BCUT2D eigenvalue weighted by molar-refractivity contribution is 8.14. The van der Waals surface area contributed by atoms with Crippen LogP contribution in [0, 0.1) is 0 Å². The number of aliphatic imine (C=N–C) groups is 1. The molecule has 20 heavy (non-hydrogen) atoms. The summed E-state index contributed by atoms with van der Waals surface area (Å²) < 4.78 is 0. The van der Waals surface area contributed by atoms with Crippen molar-refractivity contribution in [2.45, 2.75) is 18.9 Å². The molecule has 5 heteroatoms. The van der Waals surface area contributed by atoms with E-state index in [1.165, 1.54) is 5.56 Å². The topological polar surface area (TPSA) is 37.3 Å². The van der Waals surface area contributed by atoms with Crippen molar-refractivity contribution in [3.63, 3.8) is 0 Å². The Balaban J connectivity index is 1.47. The number of rotatable bonds is 5. The van der Waals surface area contributed by atoms with Crippen LogP contribution < -0.4 is 5.32 Å². The normalized spacial score (nSPS) is 20.2. The molecule has 1 aromatic heterocycles. The molecule has 104 valence electrons. The van der Waals surface area contributed by atoms with Gasteiger partial charge in [-0.1, -0.05) is 42.1 Å². The molecule has 1 aliphatic heterocycles. The molecule has 0 spiro atoms. The van der Waals surface area contributed by atoms with Crippen molar-refractivity contribution in [1.82, 2.24) is 10.3 Å². The van der Waals surface area contributed by atoms with Crippen LogP contribution in [-0.4, -0.2) is 28.5 Å². The molecule has 1 aliphatic rings. The van der Waals surface area contributed by atoms with Gasteiger partial charge in [0.25, 0.3) is 0 Å². The Bertz CT molecular complexity index is 552. The molecule has 1 N–H and O–H groups in total. The Morgan fingerprint density at radius 1 is 1.30 bits per heavy atom. The Morgan fingerprint density at radius 3 is 3.00 bits per heavy atom. The van der Waals surface area contributed by atoms with Crippen molar-refractivity contribution >= 4 is 28.3 Å². The highest BCUT2D eigenvalue weighted by Gasteiger charge is 2.20. The molecule has 0 amide bonds. The van der Waals surface area contributed by atoms with Gasteiger partial charge in [-0.05, 0) is 12.0 Å². The molecule has 0 bridgehead atoms. The maximum Gasteiger partial charge on any atom is 0.156 e. The van der Waals surface area contributed by atoms with E-state index in [0.29, 0.717) is 6.04 Å².